The molecule has 0 aliphatic heterocycles. The molecular formula is C19H16FN5O2. The summed E-state index contributed by atoms with van der Waals surface area (Å²) in [5, 5.41) is 3.85. The van der Waals surface area contributed by atoms with Gasteiger partial charge in [-0.3, -0.25) is 10.2 Å². The van der Waals surface area contributed by atoms with Gasteiger partial charge in [0.05, 0.1) is 11.0 Å². The van der Waals surface area contributed by atoms with Gasteiger partial charge in [-0.25, -0.2) is 14.1 Å². The summed E-state index contributed by atoms with van der Waals surface area (Å²) in [7, 11) is 0. The first kappa shape index (κ1) is 16.9. The van der Waals surface area contributed by atoms with E-state index >= 15 is 0 Å². The van der Waals surface area contributed by atoms with Crippen molar-refractivity contribution < 1.29 is 13.7 Å². The van der Waals surface area contributed by atoms with Gasteiger partial charge in [-0.1, -0.05) is 29.4 Å². The molecule has 4 rings (SSSR count). The minimum absolute atomic E-state index is 0.163. The molecule has 2 aromatic carbocycles. The van der Waals surface area contributed by atoms with Crippen molar-refractivity contribution in [3.8, 4) is 11.4 Å². The Morgan fingerprint density at radius 2 is 2.11 bits per heavy atom. The van der Waals surface area contributed by atoms with E-state index in [1.807, 2.05) is 24.3 Å². The van der Waals surface area contributed by atoms with Crippen LogP contribution < -0.4 is 5.43 Å². The van der Waals surface area contributed by atoms with Crippen LogP contribution in [0.3, 0.4) is 0 Å². The molecule has 0 aliphatic carbocycles. The monoisotopic (exact) mass is 365 g/mol. The van der Waals surface area contributed by atoms with Gasteiger partial charge in [0.15, 0.2) is 0 Å². The summed E-state index contributed by atoms with van der Waals surface area (Å²) in [6.07, 6.45) is 2.00. The van der Waals surface area contributed by atoms with Gasteiger partial charge in [0.2, 0.25) is 17.6 Å². The molecule has 1 N–H and O–H groups in total. The van der Waals surface area contributed by atoms with Gasteiger partial charge in [-0.2, -0.15) is 4.98 Å². The molecule has 27 heavy (non-hydrogen) atoms. The van der Waals surface area contributed by atoms with E-state index < -0.39 is 0 Å². The fourth-order valence-electron chi connectivity index (χ4n) is 2.66. The number of nitrogens with one attached hydrogen (secondary N) is 1. The van der Waals surface area contributed by atoms with Crippen molar-refractivity contribution in [2.75, 3.05) is 5.43 Å². The van der Waals surface area contributed by atoms with E-state index in [1.165, 1.54) is 6.07 Å². The standard InChI is InChI=1S/C19H16FN5O2/c1-12-6-7-13(10-14(12)20)19-22-18(27-24-19)9-8-17(26)23-25-11-21-15-4-2-3-5-16(15)25/h2-7,10-11H,8-9H2,1H3,(H,23,26). The first-order chi connectivity index (χ1) is 13.1. The zero-order valence-corrected chi connectivity index (χ0v) is 14.5. The second-order valence-corrected chi connectivity index (χ2v) is 6.11. The van der Waals surface area contributed by atoms with E-state index in [-0.39, 0.29) is 24.6 Å². The number of nitrogens with zero attached hydrogens (tertiary/aromatic N) is 4. The maximum absolute atomic E-state index is 13.7. The molecule has 0 spiro atoms. The number of benzene rings is 2. The minimum atomic E-state index is -0.328. The van der Waals surface area contributed by atoms with E-state index in [4.69, 9.17) is 4.52 Å². The highest BCUT2D eigenvalue weighted by Crippen LogP contribution is 2.19. The molecule has 2 aromatic heterocycles. The highest BCUT2D eigenvalue weighted by Gasteiger charge is 2.12. The lowest BCUT2D eigenvalue weighted by Gasteiger charge is -2.05. The largest absolute Gasteiger partial charge is 0.339 e. The third kappa shape index (κ3) is 3.55. The maximum Gasteiger partial charge on any atom is 0.239 e. The molecule has 8 heteroatoms. The predicted octanol–water partition coefficient (Wildman–Crippen LogP) is 3.24. The fourth-order valence-corrected chi connectivity index (χ4v) is 2.66. The lowest BCUT2D eigenvalue weighted by atomic mass is 10.1. The zero-order valence-electron chi connectivity index (χ0n) is 14.5. The third-order valence-electron chi connectivity index (χ3n) is 4.16. The highest BCUT2D eigenvalue weighted by atomic mass is 19.1. The molecule has 0 fully saturated rings. The number of hydrogen-bond donors (Lipinski definition) is 1. The molecule has 4 aromatic rings. The molecule has 0 aliphatic rings. The quantitative estimate of drug-likeness (QED) is 0.587. The Morgan fingerprint density at radius 1 is 1.26 bits per heavy atom. The van der Waals surface area contributed by atoms with Crippen LogP contribution in [0.5, 0.6) is 0 Å². The number of fused-ring (bicyclic) bond motifs is 1. The molecule has 0 atom stereocenters. The summed E-state index contributed by atoms with van der Waals surface area (Å²) < 4.78 is 20.4. The molecule has 0 unspecified atom stereocenters. The second-order valence-electron chi connectivity index (χ2n) is 6.11. The molecule has 136 valence electrons. The van der Waals surface area contributed by atoms with Gasteiger partial charge in [0.1, 0.15) is 12.1 Å². The fraction of sp³-hybridized carbons (Fsp3) is 0.158. The van der Waals surface area contributed by atoms with E-state index in [1.54, 1.807) is 30.1 Å². The second kappa shape index (κ2) is 6.99. The number of aryl methyl sites for hydroxylation is 2. The number of imidazole rings is 1. The Labute approximate surface area is 153 Å². The van der Waals surface area contributed by atoms with Gasteiger partial charge in [0.25, 0.3) is 0 Å². The normalized spacial score (nSPS) is 11.0. The van der Waals surface area contributed by atoms with Gasteiger partial charge in [-0.15, -0.1) is 0 Å². The van der Waals surface area contributed by atoms with E-state index in [2.05, 4.69) is 20.6 Å². The Morgan fingerprint density at radius 3 is 2.96 bits per heavy atom. The average molecular weight is 365 g/mol. The summed E-state index contributed by atoms with van der Waals surface area (Å²) in [6.45, 7) is 1.68. The van der Waals surface area contributed by atoms with Gasteiger partial charge in [0, 0.05) is 18.4 Å². The van der Waals surface area contributed by atoms with Gasteiger partial charge < -0.3 is 4.52 Å². The Kier molecular flexibility index (Phi) is 4.37. The van der Waals surface area contributed by atoms with Crippen LogP contribution in [0, 0.1) is 12.7 Å². The number of hydrogen-bond acceptors (Lipinski definition) is 5. The molecular weight excluding hydrogens is 349 g/mol. The third-order valence-corrected chi connectivity index (χ3v) is 4.16. The van der Waals surface area contributed by atoms with Crippen LogP contribution in [0.2, 0.25) is 0 Å². The summed E-state index contributed by atoms with van der Waals surface area (Å²) in [4.78, 5) is 20.6. The van der Waals surface area contributed by atoms with E-state index in [0.29, 0.717) is 22.8 Å². The van der Waals surface area contributed by atoms with Crippen molar-refractivity contribution in [3.63, 3.8) is 0 Å². The van der Waals surface area contributed by atoms with Crippen LogP contribution in [-0.2, 0) is 11.2 Å². The van der Waals surface area contributed by atoms with Crippen molar-refractivity contribution in [1.29, 1.82) is 0 Å². The first-order valence-electron chi connectivity index (χ1n) is 8.41. The number of amides is 1. The Bertz CT molecular complexity index is 1120. The van der Waals surface area contributed by atoms with Gasteiger partial charge >= 0.3 is 0 Å². The number of carbonyl (C=O) groups is 1. The minimum Gasteiger partial charge on any atom is -0.339 e. The van der Waals surface area contributed by atoms with Crippen LogP contribution in [-0.4, -0.2) is 25.7 Å². The Balaban J connectivity index is 1.39. The molecule has 0 radical (unpaired) electrons. The van der Waals surface area contributed by atoms with Crippen molar-refractivity contribution in [2.45, 2.75) is 19.8 Å². The summed E-state index contributed by atoms with van der Waals surface area (Å²) in [5.74, 6) is 0.0756. The molecule has 0 saturated carbocycles. The molecule has 0 bridgehead atoms. The summed E-state index contributed by atoms with van der Waals surface area (Å²) in [6, 6.07) is 12.2. The van der Waals surface area contributed by atoms with Crippen LogP contribution in [0.25, 0.3) is 22.4 Å². The van der Waals surface area contributed by atoms with Crippen molar-refractivity contribution in [2.24, 2.45) is 0 Å². The van der Waals surface area contributed by atoms with Crippen LogP contribution >= 0.6 is 0 Å². The van der Waals surface area contributed by atoms with Crippen molar-refractivity contribution in [3.05, 3.63) is 66.1 Å². The maximum atomic E-state index is 13.7. The lowest BCUT2D eigenvalue weighted by Crippen LogP contribution is -2.22. The lowest BCUT2D eigenvalue weighted by molar-refractivity contribution is -0.117. The van der Waals surface area contributed by atoms with E-state index in [0.717, 1.165) is 11.0 Å². The van der Waals surface area contributed by atoms with Crippen LogP contribution in [0.1, 0.15) is 17.9 Å². The molecule has 0 saturated heterocycles. The number of aromatic nitrogens is 4. The zero-order chi connectivity index (χ0) is 18.8. The predicted molar refractivity (Wildman–Crippen MR) is 96.9 cm³/mol. The number of halogens is 1. The Hall–Kier alpha value is -3.55. The average Bonchev–Trinajstić information content (AvgIpc) is 3.30. The number of rotatable bonds is 5. The van der Waals surface area contributed by atoms with Crippen LogP contribution in [0.4, 0.5) is 4.39 Å². The molecule has 1 amide bonds. The van der Waals surface area contributed by atoms with Crippen LogP contribution in [0.15, 0.2) is 53.3 Å². The number of carbonyl (C=O) groups excluding carboxylic acids is 1. The SMILES string of the molecule is Cc1ccc(-c2noc(CCC(=O)Nn3cnc4ccccc43)n2)cc1F. The first-order valence-corrected chi connectivity index (χ1v) is 8.41. The van der Waals surface area contributed by atoms with Crippen molar-refractivity contribution >= 4 is 16.9 Å². The number of para-hydroxylation sites is 2. The molecule has 2 heterocycles. The van der Waals surface area contributed by atoms with Gasteiger partial charge in [-0.05, 0) is 30.7 Å². The highest BCUT2D eigenvalue weighted by molar-refractivity contribution is 5.86. The smallest absolute Gasteiger partial charge is 0.239 e. The topological polar surface area (TPSA) is 85.8 Å². The van der Waals surface area contributed by atoms with Crippen molar-refractivity contribution in [1.82, 2.24) is 19.8 Å². The summed E-state index contributed by atoms with van der Waals surface area (Å²) >= 11 is 0. The summed E-state index contributed by atoms with van der Waals surface area (Å²) in [5.41, 5.74) is 5.45. The molecule has 7 nitrogen and oxygen atoms in total. The van der Waals surface area contributed by atoms with E-state index in [9.17, 15) is 9.18 Å².